The number of sulfonamides is 1. The number of benzene rings is 3. The number of anilines is 1. The summed E-state index contributed by atoms with van der Waals surface area (Å²) >= 11 is 12.5. The monoisotopic (exact) mass is 589 g/mol. The standard InChI is InChI=1S/C29H33Cl2N3O4S/c1-3-26(29(36)32-23-11-5-6-12-23)33(18-21-15-16-22(30)17-25(21)31)28(35)19-34(39(2,37)38)27-14-8-10-20-9-4-7-13-24(20)27/h4,7-10,13-17,23,26H,3,5-6,11-12,18-19H2,1-2H3,(H,32,36)/t26-/m0/s1. The molecule has 0 unspecified atom stereocenters. The number of fused-ring (bicyclic) bond motifs is 1. The molecule has 1 fully saturated rings. The summed E-state index contributed by atoms with van der Waals surface area (Å²) in [5, 5.41) is 5.46. The Labute approximate surface area is 240 Å². The van der Waals surface area contributed by atoms with Crippen molar-refractivity contribution in [3.8, 4) is 0 Å². The fourth-order valence-electron chi connectivity index (χ4n) is 5.14. The quantitative estimate of drug-likeness (QED) is 0.325. The molecule has 39 heavy (non-hydrogen) atoms. The lowest BCUT2D eigenvalue weighted by atomic mass is 10.1. The molecule has 1 aliphatic rings. The molecule has 0 bridgehead atoms. The third-order valence-electron chi connectivity index (χ3n) is 7.16. The Morgan fingerprint density at radius 3 is 2.38 bits per heavy atom. The first kappa shape index (κ1) is 29.2. The summed E-state index contributed by atoms with van der Waals surface area (Å²) in [6.07, 6.45) is 5.34. The maximum Gasteiger partial charge on any atom is 0.244 e. The van der Waals surface area contributed by atoms with Crippen molar-refractivity contribution in [2.24, 2.45) is 0 Å². The summed E-state index contributed by atoms with van der Waals surface area (Å²) in [5.74, 6) is -0.758. The van der Waals surface area contributed by atoms with Crippen LogP contribution in [0.15, 0.2) is 60.7 Å². The van der Waals surface area contributed by atoms with Crippen molar-refractivity contribution in [1.29, 1.82) is 0 Å². The number of carbonyl (C=O) groups is 2. The first-order valence-corrected chi connectivity index (χ1v) is 15.7. The molecule has 1 atom stereocenters. The Hall–Kier alpha value is -2.81. The molecule has 3 aromatic carbocycles. The average molecular weight is 591 g/mol. The molecule has 10 heteroatoms. The van der Waals surface area contributed by atoms with Crippen LogP contribution in [0.3, 0.4) is 0 Å². The lowest BCUT2D eigenvalue weighted by Crippen LogP contribution is -2.53. The van der Waals surface area contributed by atoms with Gasteiger partial charge in [-0.3, -0.25) is 13.9 Å². The highest BCUT2D eigenvalue weighted by atomic mass is 35.5. The Morgan fingerprint density at radius 2 is 1.72 bits per heavy atom. The van der Waals surface area contributed by atoms with Crippen LogP contribution in [-0.2, 0) is 26.2 Å². The van der Waals surface area contributed by atoms with E-state index in [2.05, 4.69) is 5.32 Å². The van der Waals surface area contributed by atoms with Crippen LogP contribution in [0.4, 0.5) is 5.69 Å². The number of amides is 2. The lowest BCUT2D eigenvalue weighted by molar-refractivity contribution is -0.140. The maximum absolute atomic E-state index is 14.0. The van der Waals surface area contributed by atoms with E-state index in [9.17, 15) is 18.0 Å². The largest absolute Gasteiger partial charge is 0.352 e. The van der Waals surface area contributed by atoms with Gasteiger partial charge in [0.05, 0.1) is 11.9 Å². The second-order valence-corrected chi connectivity index (χ2v) is 12.7. The van der Waals surface area contributed by atoms with Crippen LogP contribution in [0, 0.1) is 0 Å². The van der Waals surface area contributed by atoms with Gasteiger partial charge < -0.3 is 10.2 Å². The van der Waals surface area contributed by atoms with Crippen molar-refractivity contribution in [2.75, 3.05) is 17.1 Å². The molecule has 0 radical (unpaired) electrons. The number of rotatable bonds is 10. The number of nitrogens with one attached hydrogen (secondary N) is 1. The van der Waals surface area contributed by atoms with Crippen LogP contribution in [0.2, 0.25) is 10.0 Å². The smallest absolute Gasteiger partial charge is 0.244 e. The molecular weight excluding hydrogens is 557 g/mol. The molecule has 0 aliphatic heterocycles. The van der Waals surface area contributed by atoms with E-state index in [1.807, 2.05) is 37.3 Å². The molecule has 3 aromatic rings. The van der Waals surface area contributed by atoms with Crippen LogP contribution in [0.1, 0.15) is 44.6 Å². The van der Waals surface area contributed by atoms with Gasteiger partial charge in [-0.05, 0) is 48.4 Å². The molecule has 1 aliphatic carbocycles. The molecule has 0 heterocycles. The molecule has 7 nitrogen and oxygen atoms in total. The van der Waals surface area contributed by atoms with Crippen molar-refractivity contribution in [1.82, 2.24) is 10.2 Å². The molecule has 1 N–H and O–H groups in total. The Balaban J connectivity index is 1.70. The maximum atomic E-state index is 14.0. The van der Waals surface area contributed by atoms with E-state index in [1.165, 1.54) is 4.90 Å². The number of hydrogen-bond donors (Lipinski definition) is 1. The Kier molecular flexibility index (Phi) is 9.41. The van der Waals surface area contributed by atoms with E-state index in [1.54, 1.807) is 30.3 Å². The zero-order valence-electron chi connectivity index (χ0n) is 22.1. The highest BCUT2D eigenvalue weighted by molar-refractivity contribution is 7.92. The van der Waals surface area contributed by atoms with Gasteiger partial charge in [-0.25, -0.2) is 8.42 Å². The molecule has 4 rings (SSSR count). The summed E-state index contributed by atoms with van der Waals surface area (Å²) in [7, 11) is -3.85. The van der Waals surface area contributed by atoms with Gasteiger partial charge in [-0.15, -0.1) is 0 Å². The van der Waals surface area contributed by atoms with Gasteiger partial charge in [-0.2, -0.15) is 0 Å². The predicted octanol–water partition coefficient (Wildman–Crippen LogP) is 5.78. The zero-order valence-corrected chi connectivity index (χ0v) is 24.4. The van der Waals surface area contributed by atoms with Crippen LogP contribution < -0.4 is 9.62 Å². The second-order valence-electron chi connectivity index (χ2n) is 9.94. The number of hydrogen-bond acceptors (Lipinski definition) is 4. The lowest BCUT2D eigenvalue weighted by Gasteiger charge is -2.33. The Morgan fingerprint density at radius 1 is 1.03 bits per heavy atom. The average Bonchev–Trinajstić information content (AvgIpc) is 3.40. The van der Waals surface area contributed by atoms with Crippen LogP contribution >= 0.6 is 23.2 Å². The van der Waals surface area contributed by atoms with E-state index >= 15 is 0 Å². The molecule has 208 valence electrons. The fraction of sp³-hybridized carbons (Fsp3) is 0.379. The van der Waals surface area contributed by atoms with Gasteiger partial charge in [0, 0.05) is 28.0 Å². The van der Waals surface area contributed by atoms with Gasteiger partial charge in [0.15, 0.2) is 0 Å². The van der Waals surface area contributed by atoms with Crippen molar-refractivity contribution < 1.29 is 18.0 Å². The highest BCUT2D eigenvalue weighted by Gasteiger charge is 2.33. The predicted molar refractivity (Wildman–Crippen MR) is 158 cm³/mol. The third-order valence-corrected chi connectivity index (χ3v) is 8.87. The second kappa shape index (κ2) is 12.6. The molecule has 0 saturated heterocycles. The molecule has 1 saturated carbocycles. The molecule has 0 aromatic heterocycles. The van der Waals surface area contributed by atoms with Gasteiger partial charge >= 0.3 is 0 Å². The van der Waals surface area contributed by atoms with E-state index in [-0.39, 0.29) is 18.5 Å². The fourth-order valence-corrected chi connectivity index (χ4v) is 6.47. The third kappa shape index (κ3) is 7.04. The Bertz CT molecular complexity index is 1450. The molecule has 2 amide bonds. The summed E-state index contributed by atoms with van der Waals surface area (Å²) in [4.78, 5) is 28.9. The highest BCUT2D eigenvalue weighted by Crippen LogP contribution is 2.29. The van der Waals surface area contributed by atoms with Crippen molar-refractivity contribution >= 4 is 61.5 Å². The first-order valence-electron chi connectivity index (χ1n) is 13.1. The first-order chi connectivity index (χ1) is 18.6. The minimum atomic E-state index is -3.85. The summed E-state index contributed by atoms with van der Waals surface area (Å²) in [6, 6.07) is 17.0. The van der Waals surface area contributed by atoms with E-state index < -0.39 is 28.5 Å². The normalized spacial score (nSPS) is 14.8. The zero-order chi connectivity index (χ0) is 28.2. The van der Waals surface area contributed by atoms with Crippen molar-refractivity contribution in [3.05, 3.63) is 76.3 Å². The van der Waals surface area contributed by atoms with Crippen molar-refractivity contribution in [2.45, 2.75) is 57.7 Å². The summed E-state index contributed by atoms with van der Waals surface area (Å²) < 4.78 is 27.2. The topological polar surface area (TPSA) is 86.8 Å². The number of carbonyl (C=O) groups excluding carboxylic acids is 2. The van der Waals surface area contributed by atoms with Crippen LogP contribution in [0.5, 0.6) is 0 Å². The van der Waals surface area contributed by atoms with Crippen LogP contribution in [0.25, 0.3) is 10.8 Å². The minimum absolute atomic E-state index is 0.0264. The molecule has 0 spiro atoms. The summed E-state index contributed by atoms with van der Waals surface area (Å²) in [6.45, 7) is 1.39. The SMILES string of the molecule is CC[C@@H](C(=O)NC1CCCC1)N(Cc1ccc(Cl)cc1Cl)C(=O)CN(c1cccc2ccccc12)S(C)(=O)=O. The van der Waals surface area contributed by atoms with E-state index in [4.69, 9.17) is 23.2 Å². The molecular formula is C29H33Cl2N3O4S. The van der Waals surface area contributed by atoms with E-state index in [0.717, 1.165) is 41.6 Å². The van der Waals surface area contributed by atoms with Crippen molar-refractivity contribution in [3.63, 3.8) is 0 Å². The van der Waals surface area contributed by atoms with Crippen LogP contribution in [-0.4, -0.2) is 50.0 Å². The minimum Gasteiger partial charge on any atom is -0.352 e. The van der Waals surface area contributed by atoms with Gasteiger partial charge in [0.25, 0.3) is 0 Å². The number of halogens is 2. The van der Waals surface area contributed by atoms with E-state index in [0.29, 0.717) is 33.1 Å². The van der Waals surface area contributed by atoms with Gasteiger partial charge in [-0.1, -0.05) is 85.4 Å². The number of nitrogens with zero attached hydrogens (tertiary/aromatic N) is 2. The summed E-state index contributed by atoms with van der Waals surface area (Å²) in [5.41, 5.74) is 1.01. The van der Waals surface area contributed by atoms with Gasteiger partial charge in [0.2, 0.25) is 21.8 Å². The van der Waals surface area contributed by atoms with Gasteiger partial charge in [0.1, 0.15) is 12.6 Å².